The predicted octanol–water partition coefficient (Wildman–Crippen LogP) is 4.55. The van der Waals surface area contributed by atoms with Crippen molar-refractivity contribution in [3.05, 3.63) is 59.1 Å². The maximum Gasteiger partial charge on any atom is 0.322 e. The van der Waals surface area contributed by atoms with Crippen LogP contribution in [0.2, 0.25) is 5.02 Å². The van der Waals surface area contributed by atoms with Gasteiger partial charge in [0.1, 0.15) is 5.75 Å². The summed E-state index contributed by atoms with van der Waals surface area (Å²) in [7, 11) is 1.64. The van der Waals surface area contributed by atoms with Crippen LogP contribution >= 0.6 is 11.6 Å². The molecule has 23 heavy (non-hydrogen) atoms. The number of anilines is 1. The number of hydrogen-bond donors (Lipinski definition) is 1. The molecule has 1 saturated carbocycles. The number of para-hydroxylation sites is 2. The molecule has 0 radical (unpaired) electrons. The first kappa shape index (κ1) is 15.7. The van der Waals surface area contributed by atoms with Crippen molar-refractivity contribution in [3.63, 3.8) is 0 Å². The number of halogens is 1. The molecule has 0 unspecified atom stereocenters. The number of urea groups is 1. The number of carbonyl (C=O) groups is 1. The van der Waals surface area contributed by atoms with Crippen molar-refractivity contribution in [2.45, 2.75) is 25.4 Å². The quantitative estimate of drug-likeness (QED) is 0.874. The number of benzene rings is 2. The fourth-order valence-electron chi connectivity index (χ4n) is 2.52. The third-order valence-electron chi connectivity index (χ3n) is 3.90. The van der Waals surface area contributed by atoms with Crippen molar-refractivity contribution in [1.82, 2.24) is 4.90 Å². The van der Waals surface area contributed by atoms with Crippen LogP contribution < -0.4 is 10.1 Å². The molecule has 0 heterocycles. The molecule has 120 valence electrons. The van der Waals surface area contributed by atoms with E-state index in [2.05, 4.69) is 5.32 Å². The lowest BCUT2D eigenvalue weighted by Gasteiger charge is -2.24. The molecule has 4 nitrogen and oxygen atoms in total. The summed E-state index contributed by atoms with van der Waals surface area (Å²) >= 11 is 6.12. The number of methoxy groups -OCH3 is 1. The SMILES string of the molecule is COc1ccccc1CN(C(=O)Nc1ccccc1Cl)C1CC1. The van der Waals surface area contributed by atoms with Gasteiger partial charge in [-0.05, 0) is 31.0 Å². The molecule has 5 heteroatoms. The lowest BCUT2D eigenvalue weighted by atomic mass is 10.2. The van der Waals surface area contributed by atoms with Gasteiger partial charge in [-0.25, -0.2) is 4.79 Å². The van der Waals surface area contributed by atoms with E-state index in [1.54, 1.807) is 19.2 Å². The van der Waals surface area contributed by atoms with Gasteiger partial charge in [0.15, 0.2) is 0 Å². The van der Waals surface area contributed by atoms with Crippen LogP contribution in [0.4, 0.5) is 10.5 Å². The molecule has 0 atom stereocenters. The van der Waals surface area contributed by atoms with E-state index in [-0.39, 0.29) is 12.1 Å². The molecule has 0 saturated heterocycles. The summed E-state index contributed by atoms with van der Waals surface area (Å²) in [6.45, 7) is 0.519. The molecule has 2 aromatic rings. The van der Waals surface area contributed by atoms with E-state index < -0.39 is 0 Å². The summed E-state index contributed by atoms with van der Waals surface area (Å²) < 4.78 is 5.38. The van der Waals surface area contributed by atoms with Crippen LogP contribution in [-0.4, -0.2) is 24.1 Å². The van der Waals surface area contributed by atoms with Crippen molar-refractivity contribution in [1.29, 1.82) is 0 Å². The third-order valence-corrected chi connectivity index (χ3v) is 4.23. The smallest absolute Gasteiger partial charge is 0.322 e. The molecule has 0 aromatic heterocycles. The van der Waals surface area contributed by atoms with Crippen LogP contribution in [0.5, 0.6) is 5.75 Å². The summed E-state index contributed by atoms with van der Waals surface area (Å²) in [5.41, 5.74) is 1.63. The van der Waals surface area contributed by atoms with Gasteiger partial charge >= 0.3 is 6.03 Å². The summed E-state index contributed by atoms with van der Waals surface area (Å²) in [5, 5.41) is 3.44. The van der Waals surface area contributed by atoms with Gasteiger partial charge in [0.05, 0.1) is 24.4 Å². The van der Waals surface area contributed by atoms with Crippen LogP contribution in [-0.2, 0) is 6.54 Å². The second-order valence-electron chi connectivity index (χ2n) is 5.58. The lowest BCUT2D eigenvalue weighted by Crippen LogP contribution is -2.36. The Kier molecular flexibility index (Phi) is 4.72. The first-order valence-corrected chi connectivity index (χ1v) is 8.01. The molecule has 2 aromatic carbocycles. The number of nitrogens with zero attached hydrogens (tertiary/aromatic N) is 1. The summed E-state index contributed by atoms with van der Waals surface area (Å²) in [6.07, 6.45) is 2.07. The Bertz CT molecular complexity index is 701. The van der Waals surface area contributed by atoms with E-state index in [0.717, 1.165) is 24.2 Å². The topological polar surface area (TPSA) is 41.6 Å². The highest BCUT2D eigenvalue weighted by molar-refractivity contribution is 6.33. The average molecular weight is 331 g/mol. The van der Waals surface area contributed by atoms with Crippen LogP contribution in [0, 0.1) is 0 Å². The monoisotopic (exact) mass is 330 g/mol. The van der Waals surface area contributed by atoms with Gasteiger partial charge in [0.2, 0.25) is 0 Å². The molecule has 0 bridgehead atoms. The summed E-state index contributed by atoms with van der Waals surface area (Å²) in [6, 6.07) is 15.2. The molecule has 2 amide bonds. The van der Waals surface area contributed by atoms with Gasteiger partial charge in [-0.2, -0.15) is 0 Å². The van der Waals surface area contributed by atoms with E-state index in [1.165, 1.54) is 0 Å². The van der Waals surface area contributed by atoms with E-state index in [4.69, 9.17) is 16.3 Å². The second-order valence-corrected chi connectivity index (χ2v) is 5.99. The standard InChI is InChI=1S/C18H19ClN2O2/c1-23-17-9-5-2-6-13(17)12-21(14-10-11-14)18(22)20-16-8-4-3-7-15(16)19/h2-9,14H,10-12H2,1H3,(H,20,22). The van der Waals surface area contributed by atoms with Crippen LogP contribution in [0.3, 0.4) is 0 Å². The Morgan fingerprint density at radius 2 is 1.91 bits per heavy atom. The van der Waals surface area contributed by atoms with Gasteiger partial charge in [0, 0.05) is 11.6 Å². The normalized spacial score (nSPS) is 13.5. The number of amides is 2. The molecule has 1 N–H and O–H groups in total. The minimum absolute atomic E-state index is 0.133. The highest BCUT2D eigenvalue weighted by Gasteiger charge is 2.33. The number of ether oxygens (including phenoxy) is 1. The highest BCUT2D eigenvalue weighted by Crippen LogP contribution is 2.31. The predicted molar refractivity (Wildman–Crippen MR) is 92.0 cm³/mol. The van der Waals surface area contributed by atoms with Crippen molar-refractivity contribution >= 4 is 23.3 Å². The van der Waals surface area contributed by atoms with Gasteiger partial charge < -0.3 is 15.0 Å². The molecule has 0 aliphatic heterocycles. The molecule has 1 aliphatic carbocycles. The minimum atomic E-state index is -0.133. The van der Waals surface area contributed by atoms with Crippen molar-refractivity contribution in [3.8, 4) is 5.75 Å². The van der Waals surface area contributed by atoms with Crippen LogP contribution in [0.25, 0.3) is 0 Å². The zero-order valence-corrected chi connectivity index (χ0v) is 13.7. The number of rotatable bonds is 5. The fraction of sp³-hybridized carbons (Fsp3) is 0.278. The zero-order valence-electron chi connectivity index (χ0n) is 13.0. The minimum Gasteiger partial charge on any atom is -0.496 e. The molecule has 1 aliphatic rings. The maximum absolute atomic E-state index is 12.7. The van der Waals surface area contributed by atoms with Crippen molar-refractivity contribution in [2.75, 3.05) is 12.4 Å². The maximum atomic E-state index is 12.7. The van der Waals surface area contributed by atoms with Crippen LogP contribution in [0.15, 0.2) is 48.5 Å². The third kappa shape index (κ3) is 3.77. The number of carbonyl (C=O) groups excluding carboxylic acids is 1. The van der Waals surface area contributed by atoms with E-state index >= 15 is 0 Å². The number of hydrogen-bond acceptors (Lipinski definition) is 2. The fourth-order valence-corrected chi connectivity index (χ4v) is 2.70. The Hall–Kier alpha value is -2.20. The average Bonchev–Trinajstić information content (AvgIpc) is 3.39. The van der Waals surface area contributed by atoms with Gasteiger partial charge in [0.25, 0.3) is 0 Å². The molecular formula is C18H19ClN2O2. The first-order valence-electron chi connectivity index (χ1n) is 7.63. The lowest BCUT2D eigenvalue weighted by molar-refractivity contribution is 0.205. The Morgan fingerprint density at radius 3 is 2.61 bits per heavy atom. The molecule has 1 fully saturated rings. The van der Waals surface area contributed by atoms with Crippen LogP contribution in [0.1, 0.15) is 18.4 Å². The van der Waals surface area contributed by atoms with Gasteiger partial charge in [-0.1, -0.05) is 41.9 Å². The second kappa shape index (κ2) is 6.92. The van der Waals surface area contributed by atoms with Gasteiger partial charge in [-0.3, -0.25) is 0 Å². The molecule has 3 rings (SSSR count). The summed E-state index contributed by atoms with van der Waals surface area (Å²) in [4.78, 5) is 14.5. The first-order chi connectivity index (χ1) is 11.2. The zero-order chi connectivity index (χ0) is 16.2. The Labute approximate surface area is 141 Å². The van der Waals surface area contributed by atoms with E-state index in [9.17, 15) is 4.79 Å². The number of nitrogens with one attached hydrogen (secondary N) is 1. The summed E-state index contributed by atoms with van der Waals surface area (Å²) in [5.74, 6) is 0.795. The van der Waals surface area contributed by atoms with Crippen molar-refractivity contribution < 1.29 is 9.53 Å². The molecular weight excluding hydrogens is 312 g/mol. The Balaban J connectivity index is 1.76. The van der Waals surface area contributed by atoms with Crippen molar-refractivity contribution in [2.24, 2.45) is 0 Å². The largest absolute Gasteiger partial charge is 0.496 e. The van der Waals surface area contributed by atoms with Gasteiger partial charge in [-0.15, -0.1) is 0 Å². The van der Waals surface area contributed by atoms with E-state index in [0.29, 0.717) is 17.3 Å². The Morgan fingerprint density at radius 1 is 1.22 bits per heavy atom. The molecule has 0 spiro atoms. The highest BCUT2D eigenvalue weighted by atomic mass is 35.5. The van der Waals surface area contributed by atoms with E-state index in [1.807, 2.05) is 41.3 Å².